The summed E-state index contributed by atoms with van der Waals surface area (Å²) in [6.07, 6.45) is 7.25. The summed E-state index contributed by atoms with van der Waals surface area (Å²) in [7, 11) is 0. The van der Waals surface area contributed by atoms with Crippen molar-refractivity contribution in [3.05, 3.63) is 47.0 Å². The minimum atomic E-state index is -1.45. The number of hydrogen-bond acceptors (Lipinski definition) is 7. The average Bonchev–Trinajstić information content (AvgIpc) is 2.90. The van der Waals surface area contributed by atoms with Crippen LogP contribution in [0.5, 0.6) is 0 Å². The van der Waals surface area contributed by atoms with E-state index in [0.717, 1.165) is 12.8 Å². The third kappa shape index (κ3) is 10.6. The maximum atomic E-state index is 11.6. The van der Waals surface area contributed by atoms with E-state index in [-0.39, 0.29) is 43.6 Å². The summed E-state index contributed by atoms with van der Waals surface area (Å²) in [5.74, 6) is -2.00. The van der Waals surface area contributed by atoms with Crippen LogP contribution in [0, 0.1) is 5.92 Å². The number of nitrogens with two attached hydrogens (primary N) is 1. The van der Waals surface area contributed by atoms with Crippen molar-refractivity contribution in [1.82, 2.24) is 4.90 Å². The van der Waals surface area contributed by atoms with Crippen molar-refractivity contribution in [2.75, 3.05) is 6.54 Å². The van der Waals surface area contributed by atoms with Crippen molar-refractivity contribution in [2.45, 2.75) is 40.0 Å². The molecule has 1 heterocycles. The molecule has 0 spiro atoms. The van der Waals surface area contributed by atoms with Gasteiger partial charge in [-0.1, -0.05) is 30.7 Å². The minimum Gasteiger partial charge on any atom is -0.741 e. The number of carboxylic acids is 1. The zero-order chi connectivity index (χ0) is 22.7. The first-order chi connectivity index (χ1) is 14.1. The van der Waals surface area contributed by atoms with Crippen LogP contribution in [-0.2, 0) is 44.7 Å². The monoisotopic (exact) mass is 544 g/mol. The number of carbonyl (C=O) groups excluding carboxylic acids is 3. The molecule has 0 aliphatic carbocycles. The third-order valence-corrected chi connectivity index (χ3v) is 4.20. The molecule has 1 aromatic rings. The Labute approximate surface area is 208 Å². The quantitative estimate of drug-likeness (QED) is 0.101. The van der Waals surface area contributed by atoms with Crippen LogP contribution in [0.2, 0.25) is 0 Å². The van der Waals surface area contributed by atoms with Crippen LogP contribution in [0.25, 0.3) is 0 Å². The van der Waals surface area contributed by atoms with Gasteiger partial charge in [0.25, 0.3) is 11.8 Å². The molecule has 1 unspecified atom stereocenters. The van der Waals surface area contributed by atoms with E-state index in [1.165, 1.54) is 24.1 Å². The number of fused-ring (bicyclic) bond motifs is 1. The van der Waals surface area contributed by atoms with E-state index in [1.807, 2.05) is 0 Å². The number of rotatable bonds is 8. The molecule has 10 heteroatoms. The number of amides is 2. The summed E-state index contributed by atoms with van der Waals surface area (Å²) in [5.41, 5.74) is 7.02. The Balaban J connectivity index is 0.000000562. The Hall–Kier alpha value is -2.15. The molecule has 8 nitrogen and oxygen atoms in total. The van der Waals surface area contributed by atoms with Gasteiger partial charge in [0.1, 0.15) is 0 Å². The van der Waals surface area contributed by atoms with E-state index in [0.29, 0.717) is 10.8 Å². The Morgan fingerprint density at radius 3 is 2.23 bits per heavy atom. The van der Waals surface area contributed by atoms with Gasteiger partial charge < -0.3 is 28.3 Å². The van der Waals surface area contributed by atoms with Crippen LogP contribution < -0.4 is 10.8 Å². The molecule has 0 saturated carbocycles. The van der Waals surface area contributed by atoms with Crippen LogP contribution in [0.3, 0.4) is 0 Å². The molecule has 1 aromatic carbocycles. The standard InChI is InChI=1S/C11H21N3S.C10H7NO4.Cd/c1-9(2)5-4-6-10(3)7-8-13-14-11(12)15;12-8(13)5-11-9(14)6-3-1-2-4-7(6)10(11)15;/h5,8,10H,4,6-7H2,1-3H3,(H3,12,14,15);1-4H,5H2,(H,12,13);/q;;+2/p-2/b13-8+;;. The summed E-state index contributed by atoms with van der Waals surface area (Å²) < 4.78 is 0. The average molecular weight is 543 g/mol. The zero-order valence-electron chi connectivity index (χ0n) is 18.0. The number of nitrogens with zero attached hydrogens (tertiary/aromatic N) is 3. The summed E-state index contributed by atoms with van der Waals surface area (Å²) >= 11 is 4.56. The Kier molecular flexibility index (Phi) is 13.8. The first kappa shape index (κ1) is 28.9. The van der Waals surface area contributed by atoms with Crippen molar-refractivity contribution in [2.24, 2.45) is 21.9 Å². The Bertz CT molecular complexity index is 828. The number of carbonyl (C=O) groups is 3. The molecule has 0 aromatic heterocycles. The molecule has 2 N–H and O–H groups in total. The maximum absolute atomic E-state index is 11.6. The van der Waals surface area contributed by atoms with Gasteiger partial charge >= 0.3 is 27.3 Å². The summed E-state index contributed by atoms with van der Waals surface area (Å²) in [6, 6.07) is 6.22. The van der Waals surface area contributed by atoms with E-state index in [1.54, 1.807) is 18.3 Å². The molecule has 0 bridgehead atoms. The fourth-order valence-electron chi connectivity index (χ4n) is 2.61. The molecular weight excluding hydrogens is 517 g/mol. The molecule has 0 radical (unpaired) electrons. The predicted octanol–water partition coefficient (Wildman–Crippen LogP) is 1.64. The summed E-state index contributed by atoms with van der Waals surface area (Å²) in [5, 5.41) is 17.8. The normalized spacial score (nSPS) is 13.8. The van der Waals surface area contributed by atoms with Crippen LogP contribution in [-0.4, -0.2) is 40.6 Å². The van der Waals surface area contributed by atoms with Gasteiger partial charge in [-0.2, -0.15) is 10.2 Å². The zero-order valence-corrected chi connectivity index (χ0v) is 22.9. The predicted molar refractivity (Wildman–Crippen MR) is 117 cm³/mol. The fraction of sp³-hybridized carbons (Fsp3) is 0.381. The number of hydrogen-bond donors (Lipinski definition) is 1. The van der Waals surface area contributed by atoms with Gasteiger partial charge in [0, 0.05) is 6.21 Å². The van der Waals surface area contributed by atoms with Crippen LogP contribution in [0.4, 0.5) is 0 Å². The van der Waals surface area contributed by atoms with Crippen LogP contribution in [0.15, 0.2) is 46.1 Å². The van der Waals surface area contributed by atoms with Gasteiger partial charge in [0.15, 0.2) is 0 Å². The topological polar surface area (TPSA) is 128 Å². The smallest absolute Gasteiger partial charge is 0.741 e. The molecule has 31 heavy (non-hydrogen) atoms. The fourth-order valence-corrected chi connectivity index (χ4v) is 2.66. The number of aliphatic carboxylic acids is 1. The second-order valence-corrected chi connectivity index (χ2v) is 7.47. The van der Waals surface area contributed by atoms with Gasteiger partial charge in [0.2, 0.25) is 0 Å². The number of imide groups is 1. The molecule has 1 aliphatic heterocycles. The second kappa shape index (κ2) is 14.8. The third-order valence-electron chi connectivity index (χ3n) is 4.12. The molecule has 1 aliphatic rings. The van der Waals surface area contributed by atoms with Crippen molar-refractivity contribution >= 4 is 41.8 Å². The molecule has 0 fully saturated rings. The van der Waals surface area contributed by atoms with Gasteiger partial charge in [-0.25, -0.2) is 0 Å². The van der Waals surface area contributed by atoms with E-state index in [9.17, 15) is 19.5 Å². The minimum absolute atomic E-state index is 0. The van der Waals surface area contributed by atoms with Gasteiger partial charge in [-0.05, 0) is 56.3 Å². The van der Waals surface area contributed by atoms with E-state index in [2.05, 4.69) is 49.7 Å². The molecule has 2 rings (SSSR count). The van der Waals surface area contributed by atoms with E-state index < -0.39 is 24.3 Å². The number of allylic oxidation sites excluding steroid dienone is 2. The second-order valence-electron chi connectivity index (χ2n) is 7.05. The van der Waals surface area contributed by atoms with Crippen LogP contribution >= 0.6 is 0 Å². The maximum Gasteiger partial charge on any atom is 2.00 e. The first-order valence-corrected chi connectivity index (χ1v) is 9.84. The van der Waals surface area contributed by atoms with Gasteiger partial charge in [-0.15, -0.1) is 0 Å². The SMILES string of the molecule is CC(C)=CCCC(C)C/C=N/N=C(/N)[S-].O=C([O-])CN1C(=O)c2ccccc2C1=O.[Cd+2]. The number of carboxylic acid groups (broad SMARTS) is 1. The molecule has 162 valence electrons. The molecule has 0 saturated heterocycles. The summed E-state index contributed by atoms with van der Waals surface area (Å²) in [6.45, 7) is 5.73. The van der Waals surface area contributed by atoms with Crippen molar-refractivity contribution in [3.8, 4) is 0 Å². The first-order valence-electron chi connectivity index (χ1n) is 9.43. The molecule has 2 amide bonds. The Morgan fingerprint density at radius 1 is 1.23 bits per heavy atom. The molecule has 1 atom stereocenters. The van der Waals surface area contributed by atoms with Crippen molar-refractivity contribution in [3.63, 3.8) is 0 Å². The summed E-state index contributed by atoms with van der Waals surface area (Å²) in [4.78, 5) is 34.1. The Morgan fingerprint density at radius 2 is 1.77 bits per heavy atom. The number of benzene rings is 1. The van der Waals surface area contributed by atoms with E-state index in [4.69, 9.17) is 5.73 Å². The largest absolute Gasteiger partial charge is 2.00 e. The van der Waals surface area contributed by atoms with Crippen LogP contribution in [0.1, 0.15) is 60.7 Å². The van der Waals surface area contributed by atoms with Crippen molar-refractivity contribution < 1.29 is 46.8 Å². The van der Waals surface area contributed by atoms with Gasteiger partial charge in [0.05, 0.1) is 23.6 Å². The number of amidine groups is 1. The van der Waals surface area contributed by atoms with Gasteiger partial charge in [-0.3, -0.25) is 14.5 Å². The van der Waals surface area contributed by atoms with Crippen molar-refractivity contribution in [1.29, 1.82) is 0 Å². The molecular formula is C21H26CdN4O4S. The van der Waals surface area contributed by atoms with E-state index >= 15 is 0 Å².